The maximum atomic E-state index is 6.19. The Kier molecular flexibility index (Phi) is 3.36. The summed E-state index contributed by atoms with van der Waals surface area (Å²) in [6.45, 7) is 16.3. The van der Waals surface area contributed by atoms with Crippen LogP contribution in [0.1, 0.15) is 13.3 Å². The topological polar surface area (TPSA) is 9.23 Å². The molecule has 1 rings (SSSR count). The number of hydrogen-bond donors (Lipinski definition) is 0. The summed E-state index contributed by atoms with van der Waals surface area (Å²) in [5, 5.41) is 2.60. The highest BCUT2D eigenvalue weighted by atomic mass is 28.3. The van der Waals surface area contributed by atoms with E-state index in [4.69, 9.17) is 4.74 Å². The third-order valence-electron chi connectivity index (χ3n) is 2.61. The van der Waals surface area contributed by atoms with Gasteiger partial charge in [0, 0.05) is 0 Å². The van der Waals surface area contributed by atoms with Crippen molar-refractivity contribution in [2.75, 3.05) is 0 Å². The highest BCUT2D eigenvalue weighted by molar-refractivity contribution is 6.84. The minimum atomic E-state index is -1.30. The molecular weight excluding hydrogens is 216 g/mol. The fourth-order valence-corrected chi connectivity index (χ4v) is 4.85. The van der Waals surface area contributed by atoms with Gasteiger partial charge in [-0.3, -0.25) is 0 Å². The van der Waals surface area contributed by atoms with Crippen molar-refractivity contribution in [3.63, 3.8) is 0 Å². The van der Waals surface area contributed by atoms with Gasteiger partial charge in [-0.15, -0.1) is 0 Å². The Balaban J connectivity index is 2.95. The zero-order valence-electron chi connectivity index (χ0n) is 11.2. The first-order chi connectivity index (χ1) is 6.62. The van der Waals surface area contributed by atoms with Gasteiger partial charge >= 0.3 is 0 Å². The van der Waals surface area contributed by atoms with E-state index in [-0.39, 0.29) is 0 Å². The van der Waals surface area contributed by atoms with Crippen molar-refractivity contribution >= 4 is 16.1 Å². The number of rotatable bonds is 2. The van der Waals surface area contributed by atoms with Crippen molar-refractivity contribution in [1.29, 1.82) is 0 Å². The van der Waals surface area contributed by atoms with Crippen LogP contribution in [0.4, 0.5) is 0 Å². The van der Waals surface area contributed by atoms with Gasteiger partial charge in [-0.2, -0.15) is 0 Å². The molecule has 1 aliphatic rings. The van der Waals surface area contributed by atoms with Crippen molar-refractivity contribution < 1.29 is 4.74 Å². The maximum Gasteiger partial charge on any atom is 0.123 e. The van der Waals surface area contributed by atoms with E-state index in [1.807, 2.05) is 0 Å². The van der Waals surface area contributed by atoms with Gasteiger partial charge in [0.05, 0.1) is 10.8 Å². The Morgan fingerprint density at radius 2 is 1.53 bits per heavy atom. The maximum absolute atomic E-state index is 6.19. The molecule has 0 aromatic carbocycles. The largest absolute Gasteiger partial charge is 0.477 e. The van der Waals surface area contributed by atoms with Gasteiger partial charge in [-0.25, -0.2) is 0 Å². The summed E-state index contributed by atoms with van der Waals surface area (Å²) in [7, 11) is -2.58. The molecule has 0 aromatic heterocycles. The predicted molar refractivity (Wildman–Crippen MR) is 73.2 cm³/mol. The zero-order valence-corrected chi connectivity index (χ0v) is 13.2. The second-order valence-corrected chi connectivity index (χ2v) is 16.4. The Labute approximate surface area is 96.2 Å². The molecule has 0 saturated heterocycles. The zero-order chi connectivity index (χ0) is 11.9. The lowest BCUT2D eigenvalue weighted by Crippen LogP contribution is -2.34. The summed E-state index contributed by atoms with van der Waals surface area (Å²) in [6.07, 6.45) is 3.39. The van der Waals surface area contributed by atoms with Crippen LogP contribution >= 0.6 is 0 Å². The molecule has 0 spiro atoms. The lowest BCUT2D eigenvalue weighted by Gasteiger charge is -2.32. The van der Waals surface area contributed by atoms with E-state index in [2.05, 4.69) is 52.3 Å². The van der Waals surface area contributed by atoms with Crippen LogP contribution in [-0.4, -0.2) is 16.1 Å². The highest BCUT2D eigenvalue weighted by Crippen LogP contribution is 2.32. The molecule has 0 aliphatic carbocycles. The van der Waals surface area contributed by atoms with Crippen LogP contribution in [0.2, 0.25) is 39.3 Å². The third-order valence-corrected chi connectivity index (χ3v) is 6.29. The fraction of sp³-hybridized carbons (Fsp3) is 0.667. The van der Waals surface area contributed by atoms with Gasteiger partial charge < -0.3 is 4.74 Å². The molecule has 0 bridgehead atoms. The first kappa shape index (κ1) is 12.8. The summed E-state index contributed by atoms with van der Waals surface area (Å²) >= 11 is 0. The molecule has 3 heteroatoms. The quantitative estimate of drug-likeness (QED) is 0.653. The van der Waals surface area contributed by atoms with E-state index >= 15 is 0 Å². The van der Waals surface area contributed by atoms with E-state index in [0.717, 1.165) is 6.42 Å². The van der Waals surface area contributed by atoms with Crippen LogP contribution in [0.5, 0.6) is 0 Å². The van der Waals surface area contributed by atoms with Gasteiger partial charge in [0.1, 0.15) is 16.1 Å². The molecule has 0 saturated carbocycles. The Hall–Kier alpha value is -0.286. The van der Waals surface area contributed by atoms with Gasteiger partial charge in [0.2, 0.25) is 0 Å². The molecule has 1 aliphatic heterocycles. The van der Waals surface area contributed by atoms with Crippen LogP contribution in [0.25, 0.3) is 0 Å². The first-order valence-corrected chi connectivity index (χ1v) is 12.7. The molecule has 0 unspecified atom stereocenters. The van der Waals surface area contributed by atoms with E-state index in [1.54, 1.807) is 0 Å². The van der Waals surface area contributed by atoms with Gasteiger partial charge in [0.15, 0.2) is 0 Å². The second kappa shape index (κ2) is 3.94. The van der Waals surface area contributed by atoms with E-state index in [0.29, 0.717) is 0 Å². The second-order valence-electron chi connectivity index (χ2n) is 6.48. The van der Waals surface area contributed by atoms with Crippen LogP contribution in [0, 0.1) is 0 Å². The van der Waals surface area contributed by atoms with Crippen LogP contribution in [-0.2, 0) is 4.74 Å². The number of ether oxygens (including phenoxy) is 1. The van der Waals surface area contributed by atoms with Gasteiger partial charge in [-0.05, 0) is 25.0 Å². The van der Waals surface area contributed by atoms with Gasteiger partial charge in [-0.1, -0.05) is 39.3 Å². The normalized spacial score (nSPS) is 18.7. The summed E-state index contributed by atoms with van der Waals surface area (Å²) in [5.41, 5.74) is 1.44. The standard InChI is InChI=1S/C12H24OSi2/c1-10-8-9-11(14(2,3)4)13-12(10)15(5,6)7/h9H,8H2,1-7H3. The minimum absolute atomic E-state index is 1.10. The highest BCUT2D eigenvalue weighted by Gasteiger charge is 2.31. The lowest BCUT2D eigenvalue weighted by atomic mass is 10.2. The van der Waals surface area contributed by atoms with Crippen molar-refractivity contribution in [3.05, 3.63) is 22.4 Å². The molecule has 0 radical (unpaired) electrons. The van der Waals surface area contributed by atoms with Gasteiger partial charge in [0.25, 0.3) is 0 Å². The van der Waals surface area contributed by atoms with Crippen molar-refractivity contribution in [2.45, 2.75) is 52.6 Å². The molecular formula is C12H24OSi2. The number of hydrogen-bond acceptors (Lipinski definition) is 1. The first-order valence-electron chi connectivity index (χ1n) is 5.71. The molecule has 0 aromatic rings. The summed E-state index contributed by atoms with van der Waals surface area (Å²) in [6, 6.07) is 0. The monoisotopic (exact) mass is 240 g/mol. The summed E-state index contributed by atoms with van der Waals surface area (Å²) < 4.78 is 6.19. The van der Waals surface area contributed by atoms with E-state index in [1.165, 1.54) is 16.3 Å². The fourth-order valence-electron chi connectivity index (χ4n) is 1.83. The van der Waals surface area contributed by atoms with E-state index in [9.17, 15) is 0 Å². The Morgan fingerprint density at radius 1 is 1.00 bits per heavy atom. The molecule has 15 heavy (non-hydrogen) atoms. The molecule has 86 valence electrons. The van der Waals surface area contributed by atoms with Crippen LogP contribution in [0.3, 0.4) is 0 Å². The molecule has 0 amide bonds. The molecule has 0 N–H and O–H groups in total. The third kappa shape index (κ3) is 3.08. The molecule has 1 heterocycles. The lowest BCUT2D eigenvalue weighted by molar-refractivity contribution is 0.340. The number of allylic oxidation sites excluding steroid dienone is 2. The summed E-state index contributed by atoms with van der Waals surface area (Å²) in [4.78, 5) is 0. The van der Waals surface area contributed by atoms with Crippen molar-refractivity contribution in [2.24, 2.45) is 0 Å². The predicted octanol–water partition coefficient (Wildman–Crippen LogP) is 4.32. The Morgan fingerprint density at radius 3 is 1.93 bits per heavy atom. The van der Waals surface area contributed by atoms with Crippen molar-refractivity contribution in [1.82, 2.24) is 0 Å². The minimum Gasteiger partial charge on any atom is -0.477 e. The Bertz CT molecular complexity index is 313. The van der Waals surface area contributed by atoms with Crippen LogP contribution < -0.4 is 0 Å². The van der Waals surface area contributed by atoms with Crippen molar-refractivity contribution in [3.8, 4) is 0 Å². The smallest absolute Gasteiger partial charge is 0.123 e. The molecule has 1 nitrogen and oxygen atoms in total. The summed E-state index contributed by atoms with van der Waals surface area (Å²) in [5.74, 6) is 0. The molecule has 0 fully saturated rings. The average molecular weight is 240 g/mol. The van der Waals surface area contributed by atoms with Crippen LogP contribution in [0.15, 0.2) is 22.4 Å². The van der Waals surface area contributed by atoms with E-state index < -0.39 is 16.1 Å². The SMILES string of the molecule is CC1=C([Si](C)(C)C)OC([Si](C)(C)C)=CC1. The average Bonchev–Trinajstić information content (AvgIpc) is 2.00. The molecule has 0 atom stereocenters.